The Morgan fingerprint density at radius 3 is 2.83 bits per heavy atom. The SMILES string of the molecule is COC1(CC(=O)Nc2cc(Cl)ccc2N)CCC1. The van der Waals surface area contributed by atoms with E-state index in [1.807, 2.05) is 0 Å². The first kappa shape index (κ1) is 13.2. The number of carbonyl (C=O) groups excluding carboxylic acids is 1. The highest BCUT2D eigenvalue weighted by Crippen LogP contribution is 2.38. The quantitative estimate of drug-likeness (QED) is 0.826. The number of ether oxygens (including phenoxy) is 1. The molecule has 98 valence electrons. The van der Waals surface area contributed by atoms with Gasteiger partial charge in [0.15, 0.2) is 0 Å². The Morgan fingerprint density at radius 2 is 2.28 bits per heavy atom. The van der Waals surface area contributed by atoms with Crippen LogP contribution in [0.1, 0.15) is 25.7 Å². The van der Waals surface area contributed by atoms with E-state index in [1.54, 1.807) is 25.3 Å². The summed E-state index contributed by atoms with van der Waals surface area (Å²) < 4.78 is 5.42. The number of methoxy groups -OCH3 is 1. The smallest absolute Gasteiger partial charge is 0.227 e. The molecular formula is C13H17ClN2O2. The maximum Gasteiger partial charge on any atom is 0.227 e. The molecule has 0 unspecified atom stereocenters. The zero-order valence-electron chi connectivity index (χ0n) is 10.3. The first-order valence-corrected chi connectivity index (χ1v) is 6.32. The zero-order valence-corrected chi connectivity index (χ0v) is 11.1. The third-order valence-electron chi connectivity index (χ3n) is 3.47. The summed E-state index contributed by atoms with van der Waals surface area (Å²) in [7, 11) is 1.65. The minimum Gasteiger partial charge on any atom is -0.397 e. The molecule has 18 heavy (non-hydrogen) atoms. The Labute approximate surface area is 111 Å². The van der Waals surface area contributed by atoms with Crippen molar-refractivity contribution in [3.63, 3.8) is 0 Å². The summed E-state index contributed by atoms with van der Waals surface area (Å²) in [5.74, 6) is -0.0921. The van der Waals surface area contributed by atoms with Crippen molar-refractivity contribution in [3.8, 4) is 0 Å². The van der Waals surface area contributed by atoms with Crippen LogP contribution in [0.4, 0.5) is 11.4 Å². The Balaban J connectivity index is 2.00. The Morgan fingerprint density at radius 1 is 1.56 bits per heavy atom. The highest BCUT2D eigenvalue weighted by Gasteiger charge is 2.39. The van der Waals surface area contributed by atoms with Gasteiger partial charge in [-0.25, -0.2) is 0 Å². The molecule has 2 rings (SSSR count). The lowest BCUT2D eigenvalue weighted by Gasteiger charge is -2.39. The molecular weight excluding hydrogens is 252 g/mol. The normalized spacial score (nSPS) is 17.0. The lowest BCUT2D eigenvalue weighted by molar-refractivity contribution is -0.129. The van der Waals surface area contributed by atoms with Crippen LogP contribution >= 0.6 is 11.6 Å². The summed E-state index contributed by atoms with van der Waals surface area (Å²) in [6, 6.07) is 5.01. The molecule has 1 aromatic rings. The van der Waals surface area contributed by atoms with Gasteiger partial charge in [-0.05, 0) is 37.5 Å². The summed E-state index contributed by atoms with van der Waals surface area (Å²) in [6.45, 7) is 0. The van der Waals surface area contributed by atoms with Gasteiger partial charge in [0.2, 0.25) is 5.91 Å². The van der Waals surface area contributed by atoms with Crippen LogP contribution in [0.15, 0.2) is 18.2 Å². The topological polar surface area (TPSA) is 64.3 Å². The predicted octanol–water partition coefficient (Wildman–Crippen LogP) is 2.82. The lowest BCUT2D eigenvalue weighted by atomic mass is 9.77. The monoisotopic (exact) mass is 268 g/mol. The van der Waals surface area contributed by atoms with Gasteiger partial charge in [-0.2, -0.15) is 0 Å². The van der Waals surface area contributed by atoms with Gasteiger partial charge in [-0.15, -0.1) is 0 Å². The first-order chi connectivity index (χ1) is 8.54. The summed E-state index contributed by atoms with van der Waals surface area (Å²) in [5.41, 5.74) is 6.56. The highest BCUT2D eigenvalue weighted by atomic mass is 35.5. The third kappa shape index (κ3) is 2.76. The van der Waals surface area contributed by atoms with Crippen LogP contribution < -0.4 is 11.1 Å². The molecule has 0 saturated heterocycles. The molecule has 1 aliphatic carbocycles. The van der Waals surface area contributed by atoms with Gasteiger partial charge in [-0.3, -0.25) is 4.79 Å². The van der Waals surface area contributed by atoms with Gasteiger partial charge in [0.05, 0.1) is 23.4 Å². The van der Waals surface area contributed by atoms with E-state index < -0.39 is 0 Å². The maximum absolute atomic E-state index is 12.0. The number of halogens is 1. The van der Waals surface area contributed by atoms with Crippen LogP contribution in [0.25, 0.3) is 0 Å². The van der Waals surface area contributed by atoms with Crippen molar-refractivity contribution < 1.29 is 9.53 Å². The van der Waals surface area contributed by atoms with Gasteiger partial charge < -0.3 is 15.8 Å². The van der Waals surface area contributed by atoms with Crippen molar-refractivity contribution in [2.45, 2.75) is 31.3 Å². The molecule has 0 spiro atoms. The van der Waals surface area contributed by atoms with Gasteiger partial charge in [-0.1, -0.05) is 11.6 Å². The number of hydrogen-bond donors (Lipinski definition) is 2. The summed E-state index contributed by atoms with van der Waals surface area (Å²) >= 11 is 5.87. The van der Waals surface area contributed by atoms with Crippen molar-refractivity contribution in [1.29, 1.82) is 0 Å². The number of rotatable bonds is 4. The fourth-order valence-electron chi connectivity index (χ4n) is 2.15. The van der Waals surface area contributed by atoms with Gasteiger partial charge in [0, 0.05) is 12.1 Å². The van der Waals surface area contributed by atoms with Crippen LogP contribution in [0.5, 0.6) is 0 Å². The molecule has 0 atom stereocenters. The van der Waals surface area contributed by atoms with Crippen LogP contribution in [0, 0.1) is 0 Å². The number of hydrogen-bond acceptors (Lipinski definition) is 3. The Bertz CT molecular complexity index is 453. The molecule has 0 radical (unpaired) electrons. The Hall–Kier alpha value is -1.26. The fourth-order valence-corrected chi connectivity index (χ4v) is 2.32. The van der Waals surface area contributed by atoms with Gasteiger partial charge in [0.25, 0.3) is 0 Å². The average molecular weight is 269 g/mol. The van der Waals surface area contributed by atoms with Crippen molar-refractivity contribution in [1.82, 2.24) is 0 Å². The molecule has 1 saturated carbocycles. The second-order valence-corrected chi connectivity index (χ2v) is 5.13. The largest absolute Gasteiger partial charge is 0.397 e. The minimum absolute atomic E-state index is 0.0921. The summed E-state index contributed by atoms with van der Waals surface area (Å²) in [5, 5.41) is 3.33. The Kier molecular flexibility index (Phi) is 3.78. The first-order valence-electron chi connectivity index (χ1n) is 5.95. The molecule has 1 amide bonds. The predicted molar refractivity (Wildman–Crippen MR) is 72.7 cm³/mol. The van der Waals surface area contributed by atoms with Crippen LogP contribution in [0.2, 0.25) is 5.02 Å². The summed E-state index contributed by atoms with van der Waals surface area (Å²) in [6.07, 6.45) is 3.33. The number of benzene rings is 1. The third-order valence-corrected chi connectivity index (χ3v) is 3.71. The molecule has 0 bridgehead atoms. The van der Waals surface area contributed by atoms with E-state index in [4.69, 9.17) is 22.1 Å². The van der Waals surface area contributed by atoms with Crippen molar-refractivity contribution in [3.05, 3.63) is 23.2 Å². The fraction of sp³-hybridized carbons (Fsp3) is 0.462. The molecule has 0 heterocycles. The lowest BCUT2D eigenvalue weighted by Crippen LogP contribution is -2.42. The molecule has 3 N–H and O–H groups in total. The van der Waals surface area contributed by atoms with Crippen molar-refractivity contribution in [2.75, 3.05) is 18.2 Å². The second-order valence-electron chi connectivity index (χ2n) is 4.70. The van der Waals surface area contributed by atoms with Crippen LogP contribution in [-0.4, -0.2) is 18.6 Å². The van der Waals surface area contributed by atoms with E-state index in [-0.39, 0.29) is 11.5 Å². The average Bonchev–Trinajstić information content (AvgIpc) is 2.28. The van der Waals surface area contributed by atoms with Gasteiger partial charge >= 0.3 is 0 Å². The van der Waals surface area contributed by atoms with Crippen molar-refractivity contribution in [2.24, 2.45) is 0 Å². The molecule has 0 aliphatic heterocycles. The molecule has 0 aromatic heterocycles. The van der Waals surface area contributed by atoms with Gasteiger partial charge in [0.1, 0.15) is 0 Å². The van der Waals surface area contributed by atoms with E-state index in [0.717, 1.165) is 19.3 Å². The van der Waals surface area contributed by atoms with E-state index in [9.17, 15) is 4.79 Å². The number of anilines is 2. The second kappa shape index (κ2) is 5.16. The maximum atomic E-state index is 12.0. The number of nitrogens with one attached hydrogen (secondary N) is 1. The molecule has 4 nitrogen and oxygen atoms in total. The minimum atomic E-state index is -0.280. The van der Waals surface area contributed by atoms with E-state index in [2.05, 4.69) is 5.32 Å². The number of amides is 1. The number of carbonyl (C=O) groups is 1. The van der Waals surface area contributed by atoms with Crippen molar-refractivity contribution >= 4 is 28.9 Å². The van der Waals surface area contributed by atoms with E-state index in [0.29, 0.717) is 22.8 Å². The van der Waals surface area contributed by atoms with Crippen LogP contribution in [0.3, 0.4) is 0 Å². The molecule has 5 heteroatoms. The molecule has 1 aromatic carbocycles. The van der Waals surface area contributed by atoms with Crippen LogP contribution in [-0.2, 0) is 9.53 Å². The zero-order chi connectivity index (χ0) is 13.2. The molecule has 1 aliphatic rings. The number of nitrogen functional groups attached to an aromatic ring is 1. The summed E-state index contributed by atoms with van der Waals surface area (Å²) in [4.78, 5) is 12.0. The standard InChI is InChI=1S/C13H17ClN2O2/c1-18-13(5-2-6-13)8-12(17)16-11-7-9(14)3-4-10(11)15/h3-4,7H,2,5-6,8,15H2,1H3,(H,16,17). The number of nitrogens with two attached hydrogens (primary N) is 1. The molecule has 1 fully saturated rings. The van der Waals surface area contributed by atoms with E-state index >= 15 is 0 Å². The van der Waals surface area contributed by atoms with E-state index in [1.165, 1.54) is 0 Å². The highest BCUT2D eigenvalue weighted by molar-refractivity contribution is 6.31.